The van der Waals surface area contributed by atoms with E-state index in [1.165, 1.54) is 11.3 Å². The second-order valence-electron chi connectivity index (χ2n) is 5.68. The van der Waals surface area contributed by atoms with Crippen LogP contribution in [0.4, 0.5) is 0 Å². The molecule has 2 heterocycles. The Bertz CT molecular complexity index is 583. The summed E-state index contributed by atoms with van der Waals surface area (Å²) in [4.78, 5) is 3.61. The van der Waals surface area contributed by atoms with E-state index in [4.69, 9.17) is 0 Å². The van der Waals surface area contributed by atoms with Crippen molar-refractivity contribution in [1.29, 1.82) is 0 Å². The lowest BCUT2D eigenvalue weighted by Gasteiger charge is -2.37. The summed E-state index contributed by atoms with van der Waals surface area (Å²) < 4.78 is 27.8. The van der Waals surface area contributed by atoms with Crippen LogP contribution in [0.1, 0.15) is 24.3 Å². The molecule has 21 heavy (non-hydrogen) atoms. The normalized spacial score (nSPS) is 21.8. The number of nitrogens with zero attached hydrogens (tertiary/aromatic N) is 2. The van der Waals surface area contributed by atoms with Gasteiger partial charge < -0.3 is 10.2 Å². The first-order valence-electron chi connectivity index (χ1n) is 7.36. The molecule has 1 aromatic heterocycles. The van der Waals surface area contributed by atoms with E-state index in [9.17, 15) is 8.42 Å². The van der Waals surface area contributed by atoms with Gasteiger partial charge in [0.15, 0.2) is 0 Å². The van der Waals surface area contributed by atoms with E-state index < -0.39 is 10.0 Å². The molecule has 2 rings (SSSR count). The summed E-state index contributed by atoms with van der Waals surface area (Å²) in [5.74, 6) is 0. The number of piperazine rings is 1. The number of rotatable bonds is 5. The van der Waals surface area contributed by atoms with Gasteiger partial charge in [-0.15, -0.1) is 11.3 Å². The fourth-order valence-corrected chi connectivity index (χ4v) is 6.14. The monoisotopic (exact) mass is 331 g/mol. The highest BCUT2D eigenvalue weighted by Crippen LogP contribution is 2.31. The molecule has 1 aliphatic heterocycles. The molecule has 0 radical (unpaired) electrons. The van der Waals surface area contributed by atoms with Crippen molar-refractivity contribution in [2.75, 3.05) is 33.2 Å². The van der Waals surface area contributed by atoms with Gasteiger partial charge in [-0.1, -0.05) is 6.92 Å². The average Bonchev–Trinajstić information content (AvgIpc) is 2.77. The van der Waals surface area contributed by atoms with E-state index in [1.54, 1.807) is 4.31 Å². The van der Waals surface area contributed by atoms with Crippen molar-refractivity contribution in [3.8, 4) is 0 Å². The molecule has 1 fully saturated rings. The molecule has 0 saturated carbocycles. The Morgan fingerprint density at radius 2 is 2.14 bits per heavy atom. The highest BCUT2D eigenvalue weighted by atomic mass is 32.2. The van der Waals surface area contributed by atoms with Gasteiger partial charge in [0.1, 0.15) is 4.90 Å². The predicted octanol–water partition coefficient (Wildman–Crippen LogP) is 1.49. The lowest BCUT2D eigenvalue weighted by atomic mass is 10.2. The number of likely N-dealkylation sites (N-methyl/N-ethyl adjacent to an activating group) is 1. The molecule has 1 saturated heterocycles. The van der Waals surface area contributed by atoms with Gasteiger partial charge >= 0.3 is 0 Å². The second kappa shape index (κ2) is 6.75. The highest BCUT2D eigenvalue weighted by molar-refractivity contribution is 7.89. The molecule has 0 aromatic carbocycles. The summed E-state index contributed by atoms with van der Waals surface area (Å²) in [6.07, 6.45) is 0. The third-order valence-corrected chi connectivity index (χ3v) is 7.34. The van der Waals surface area contributed by atoms with Gasteiger partial charge in [0, 0.05) is 37.1 Å². The fraction of sp³-hybridized carbons (Fsp3) is 0.714. The van der Waals surface area contributed by atoms with Crippen molar-refractivity contribution in [2.24, 2.45) is 0 Å². The minimum atomic E-state index is -3.41. The maximum Gasteiger partial charge on any atom is 0.244 e. The van der Waals surface area contributed by atoms with Crippen LogP contribution in [0.15, 0.2) is 10.3 Å². The number of hydrogen-bond acceptors (Lipinski definition) is 5. The molecule has 1 N–H and O–H groups in total. The standard InChI is InChI=1S/C14H25N3O2S2/c1-5-15-8-13-14(11(2)10-20-13)21(18,19)17-7-6-16(4)9-12(17)3/h10,12,15H,5-9H2,1-4H3. The van der Waals surface area contributed by atoms with Crippen LogP contribution in [-0.4, -0.2) is 56.9 Å². The van der Waals surface area contributed by atoms with Gasteiger partial charge in [-0.3, -0.25) is 0 Å². The number of thiophene rings is 1. The molecule has 7 heteroatoms. The van der Waals surface area contributed by atoms with E-state index in [0.29, 0.717) is 18.0 Å². The smallest absolute Gasteiger partial charge is 0.244 e. The molecule has 1 atom stereocenters. The predicted molar refractivity (Wildman–Crippen MR) is 87.3 cm³/mol. The largest absolute Gasteiger partial charge is 0.312 e. The zero-order valence-corrected chi connectivity index (χ0v) is 14.9. The quantitative estimate of drug-likeness (QED) is 0.888. The number of aryl methyl sites for hydroxylation is 1. The number of hydrogen-bond donors (Lipinski definition) is 1. The highest BCUT2D eigenvalue weighted by Gasteiger charge is 2.35. The molecule has 1 aromatic rings. The zero-order chi connectivity index (χ0) is 15.6. The van der Waals surface area contributed by atoms with Crippen molar-refractivity contribution in [3.05, 3.63) is 15.8 Å². The van der Waals surface area contributed by atoms with Crippen LogP contribution in [0.3, 0.4) is 0 Å². The molecule has 120 valence electrons. The van der Waals surface area contributed by atoms with Gasteiger partial charge in [-0.2, -0.15) is 4.31 Å². The van der Waals surface area contributed by atoms with Crippen LogP contribution in [0.5, 0.6) is 0 Å². The Hall–Kier alpha value is -0.470. The van der Waals surface area contributed by atoms with Crippen molar-refractivity contribution in [3.63, 3.8) is 0 Å². The SMILES string of the molecule is CCNCc1scc(C)c1S(=O)(=O)N1CCN(C)CC1C. The Labute approximate surface area is 132 Å². The average molecular weight is 332 g/mol. The van der Waals surface area contributed by atoms with Gasteiger partial charge in [-0.25, -0.2) is 8.42 Å². The Morgan fingerprint density at radius 3 is 2.76 bits per heavy atom. The third-order valence-electron chi connectivity index (χ3n) is 3.86. The Balaban J connectivity index is 2.33. The van der Waals surface area contributed by atoms with Gasteiger partial charge in [-0.05, 0) is 38.4 Å². The molecule has 1 aliphatic rings. The summed E-state index contributed by atoms with van der Waals surface area (Å²) in [5.41, 5.74) is 0.860. The van der Waals surface area contributed by atoms with Crippen LogP contribution in [-0.2, 0) is 16.6 Å². The van der Waals surface area contributed by atoms with Crippen molar-refractivity contribution in [2.45, 2.75) is 38.3 Å². The van der Waals surface area contributed by atoms with E-state index in [0.717, 1.165) is 30.1 Å². The topological polar surface area (TPSA) is 52.7 Å². The Morgan fingerprint density at radius 1 is 1.43 bits per heavy atom. The lowest BCUT2D eigenvalue weighted by molar-refractivity contribution is 0.170. The van der Waals surface area contributed by atoms with Gasteiger partial charge in [0.25, 0.3) is 0 Å². The maximum atomic E-state index is 13.1. The third kappa shape index (κ3) is 3.48. The fourth-order valence-electron chi connectivity index (χ4n) is 2.79. The maximum absolute atomic E-state index is 13.1. The summed E-state index contributed by atoms with van der Waals surface area (Å²) in [7, 11) is -1.37. The minimum absolute atomic E-state index is 0.0139. The number of sulfonamides is 1. The van der Waals surface area contributed by atoms with Crippen LogP contribution >= 0.6 is 11.3 Å². The van der Waals surface area contributed by atoms with Gasteiger partial charge in [0.05, 0.1) is 0 Å². The molecule has 0 aliphatic carbocycles. The summed E-state index contributed by atoms with van der Waals surface area (Å²) in [6.45, 7) is 9.48. The molecule has 0 amide bonds. The summed E-state index contributed by atoms with van der Waals surface area (Å²) in [6, 6.07) is 0.0139. The first kappa shape index (κ1) is 16.9. The Kier molecular flexibility index (Phi) is 5.43. The first-order chi connectivity index (χ1) is 9.87. The van der Waals surface area contributed by atoms with E-state index in [-0.39, 0.29) is 6.04 Å². The van der Waals surface area contributed by atoms with E-state index in [1.807, 2.05) is 33.2 Å². The van der Waals surface area contributed by atoms with Crippen molar-refractivity contribution in [1.82, 2.24) is 14.5 Å². The molecule has 0 spiro atoms. The number of nitrogens with one attached hydrogen (secondary N) is 1. The molecule has 0 bridgehead atoms. The van der Waals surface area contributed by atoms with Crippen LogP contribution in [0, 0.1) is 6.92 Å². The van der Waals surface area contributed by atoms with Crippen LogP contribution < -0.4 is 5.32 Å². The van der Waals surface area contributed by atoms with Crippen LogP contribution in [0.25, 0.3) is 0 Å². The molecule has 1 unspecified atom stereocenters. The molecule has 5 nitrogen and oxygen atoms in total. The van der Waals surface area contributed by atoms with E-state index >= 15 is 0 Å². The second-order valence-corrected chi connectivity index (χ2v) is 8.47. The molecular weight excluding hydrogens is 306 g/mol. The summed E-state index contributed by atoms with van der Waals surface area (Å²) in [5, 5.41) is 5.18. The van der Waals surface area contributed by atoms with E-state index in [2.05, 4.69) is 10.2 Å². The van der Waals surface area contributed by atoms with Crippen LogP contribution in [0.2, 0.25) is 0 Å². The zero-order valence-electron chi connectivity index (χ0n) is 13.2. The van der Waals surface area contributed by atoms with Gasteiger partial charge in [0.2, 0.25) is 10.0 Å². The minimum Gasteiger partial charge on any atom is -0.312 e. The molecular formula is C14H25N3O2S2. The summed E-state index contributed by atoms with van der Waals surface area (Å²) >= 11 is 1.53. The van der Waals surface area contributed by atoms with Crippen molar-refractivity contribution >= 4 is 21.4 Å². The van der Waals surface area contributed by atoms with Crippen molar-refractivity contribution < 1.29 is 8.42 Å². The first-order valence-corrected chi connectivity index (χ1v) is 9.68. The lowest BCUT2D eigenvalue weighted by Crippen LogP contribution is -2.52.